The molecule has 0 rings (SSSR count). The predicted octanol–water partition coefficient (Wildman–Crippen LogP) is 2.78. The predicted molar refractivity (Wildman–Crippen MR) is 52.2 cm³/mol. The standard InChI is InChI=1S/C10H18NO/c1-3-5-6-7-8-10(12)11-9-4-2/h9H,1,3-8H2,2H3. The quantitative estimate of drug-likeness (QED) is 0.443. The Morgan fingerprint density at radius 1 is 1.42 bits per heavy atom. The Balaban J connectivity index is 3.25. The third kappa shape index (κ3) is 7.45. The molecule has 2 nitrogen and oxygen atoms in total. The summed E-state index contributed by atoms with van der Waals surface area (Å²) in [5.41, 5.74) is 0. The van der Waals surface area contributed by atoms with E-state index in [0.717, 1.165) is 32.1 Å². The second kappa shape index (κ2) is 8.44. The van der Waals surface area contributed by atoms with Gasteiger partial charge in [-0.25, -0.2) is 4.99 Å². The van der Waals surface area contributed by atoms with Crippen molar-refractivity contribution in [1.29, 1.82) is 0 Å². The van der Waals surface area contributed by atoms with E-state index in [-0.39, 0.29) is 5.91 Å². The van der Waals surface area contributed by atoms with Crippen LogP contribution in [0.2, 0.25) is 0 Å². The molecule has 0 bridgehead atoms. The average molecular weight is 168 g/mol. The van der Waals surface area contributed by atoms with Crippen molar-refractivity contribution in [2.75, 3.05) is 0 Å². The van der Waals surface area contributed by atoms with Crippen molar-refractivity contribution in [2.45, 2.75) is 45.4 Å². The fraction of sp³-hybridized carbons (Fsp3) is 0.700. The van der Waals surface area contributed by atoms with Crippen LogP contribution in [0.15, 0.2) is 4.99 Å². The summed E-state index contributed by atoms with van der Waals surface area (Å²) in [6.45, 7) is 5.71. The van der Waals surface area contributed by atoms with Crippen LogP contribution in [0.4, 0.5) is 0 Å². The van der Waals surface area contributed by atoms with Crippen LogP contribution >= 0.6 is 0 Å². The first-order valence-corrected chi connectivity index (χ1v) is 4.65. The average Bonchev–Trinajstić information content (AvgIpc) is 2.09. The van der Waals surface area contributed by atoms with Gasteiger partial charge in [0.15, 0.2) is 0 Å². The number of carbonyl (C=O) groups is 1. The van der Waals surface area contributed by atoms with Crippen LogP contribution in [0, 0.1) is 6.92 Å². The molecule has 0 aliphatic carbocycles. The van der Waals surface area contributed by atoms with Gasteiger partial charge in [0, 0.05) is 12.6 Å². The molecule has 69 valence electrons. The molecule has 0 unspecified atom stereocenters. The molecule has 0 fully saturated rings. The zero-order chi connectivity index (χ0) is 9.23. The zero-order valence-corrected chi connectivity index (χ0v) is 7.88. The highest BCUT2D eigenvalue weighted by Gasteiger charge is 1.96. The molecule has 0 saturated heterocycles. The van der Waals surface area contributed by atoms with E-state index in [2.05, 4.69) is 11.9 Å². The number of hydrogen-bond acceptors (Lipinski definition) is 1. The maximum absolute atomic E-state index is 11.0. The lowest BCUT2D eigenvalue weighted by Gasteiger charge is -1.94. The topological polar surface area (TPSA) is 29.4 Å². The highest BCUT2D eigenvalue weighted by molar-refractivity contribution is 5.84. The molecule has 0 aromatic rings. The minimum absolute atomic E-state index is 0.0147. The molecular weight excluding hydrogens is 150 g/mol. The molecule has 0 atom stereocenters. The molecule has 2 heteroatoms. The van der Waals surface area contributed by atoms with Crippen molar-refractivity contribution < 1.29 is 4.79 Å². The van der Waals surface area contributed by atoms with Gasteiger partial charge in [0.2, 0.25) is 5.91 Å². The van der Waals surface area contributed by atoms with Gasteiger partial charge in [-0.3, -0.25) is 4.79 Å². The van der Waals surface area contributed by atoms with Gasteiger partial charge in [0.1, 0.15) is 0 Å². The second-order valence-electron chi connectivity index (χ2n) is 2.78. The van der Waals surface area contributed by atoms with Crippen LogP contribution < -0.4 is 0 Å². The summed E-state index contributed by atoms with van der Waals surface area (Å²) in [4.78, 5) is 14.7. The molecule has 0 spiro atoms. The Morgan fingerprint density at radius 3 is 2.75 bits per heavy atom. The van der Waals surface area contributed by atoms with Crippen molar-refractivity contribution in [3.05, 3.63) is 6.92 Å². The highest BCUT2D eigenvalue weighted by Crippen LogP contribution is 2.02. The Labute approximate surface area is 75.1 Å². The van der Waals surface area contributed by atoms with E-state index in [4.69, 9.17) is 0 Å². The molecule has 0 heterocycles. The Hall–Kier alpha value is -0.660. The molecule has 0 N–H and O–H groups in total. The summed E-state index contributed by atoms with van der Waals surface area (Å²) in [6, 6.07) is 0. The lowest BCUT2D eigenvalue weighted by atomic mass is 10.1. The van der Waals surface area contributed by atoms with Crippen LogP contribution in [0.3, 0.4) is 0 Å². The first-order valence-electron chi connectivity index (χ1n) is 4.65. The van der Waals surface area contributed by atoms with E-state index in [0.29, 0.717) is 6.42 Å². The highest BCUT2D eigenvalue weighted by atomic mass is 16.1. The van der Waals surface area contributed by atoms with Crippen LogP contribution in [0.25, 0.3) is 0 Å². The first kappa shape index (κ1) is 11.3. The van der Waals surface area contributed by atoms with Gasteiger partial charge in [0.25, 0.3) is 0 Å². The number of hydrogen-bond donors (Lipinski definition) is 0. The molecule has 0 aromatic carbocycles. The summed E-state index contributed by atoms with van der Waals surface area (Å²) in [7, 11) is 0. The van der Waals surface area contributed by atoms with Crippen LogP contribution in [0.1, 0.15) is 45.4 Å². The molecule has 1 amide bonds. The van der Waals surface area contributed by atoms with E-state index < -0.39 is 0 Å². The van der Waals surface area contributed by atoms with Gasteiger partial charge >= 0.3 is 0 Å². The van der Waals surface area contributed by atoms with Crippen molar-refractivity contribution >= 4 is 12.1 Å². The fourth-order valence-electron chi connectivity index (χ4n) is 0.887. The van der Waals surface area contributed by atoms with Gasteiger partial charge in [-0.15, -0.1) is 0 Å². The molecule has 12 heavy (non-hydrogen) atoms. The monoisotopic (exact) mass is 168 g/mol. The van der Waals surface area contributed by atoms with Crippen LogP contribution in [-0.2, 0) is 4.79 Å². The molecular formula is C10H18NO. The van der Waals surface area contributed by atoms with Crippen molar-refractivity contribution in [1.82, 2.24) is 0 Å². The van der Waals surface area contributed by atoms with Gasteiger partial charge < -0.3 is 0 Å². The molecule has 0 aliphatic heterocycles. The summed E-state index contributed by atoms with van der Waals surface area (Å²) in [6.07, 6.45) is 7.23. The normalized spacial score (nSPS) is 10.8. The van der Waals surface area contributed by atoms with Crippen LogP contribution in [-0.4, -0.2) is 12.1 Å². The minimum atomic E-state index is 0.0147. The Morgan fingerprint density at radius 2 is 2.17 bits per heavy atom. The minimum Gasteiger partial charge on any atom is -0.273 e. The van der Waals surface area contributed by atoms with E-state index in [9.17, 15) is 4.79 Å². The Kier molecular flexibility index (Phi) is 7.97. The van der Waals surface area contributed by atoms with Gasteiger partial charge in [-0.05, 0) is 12.8 Å². The van der Waals surface area contributed by atoms with E-state index in [1.54, 1.807) is 6.21 Å². The lowest BCUT2D eigenvalue weighted by molar-refractivity contribution is -0.117. The maximum atomic E-state index is 11.0. The number of amides is 1. The molecule has 1 radical (unpaired) electrons. The van der Waals surface area contributed by atoms with E-state index in [1.807, 2.05) is 6.92 Å². The van der Waals surface area contributed by atoms with Gasteiger partial charge in [-0.2, -0.15) is 0 Å². The maximum Gasteiger partial charge on any atom is 0.245 e. The van der Waals surface area contributed by atoms with E-state index >= 15 is 0 Å². The third-order valence-electron chi connectivity index (χ3n) is 1.56. The largest absolute Gasteiger partial charge is 0.273 e. The number of unbranched alkanes of at least 4 members (excludes halogenated alkanes) is 3. The molecule has 0 aliphatic rings. The number of rotatable bonds is 6. The number of carbonyl (C=O) groups excluding carboxylic acids is 1. The second-order valence-corrected chi connectivity index (χ2v) is 2.78. The van der Waals surface area contributed by atoms with E-state index in [1.165, 1.54) is 0 Å². The third-order valence-corrected chi connectivity index (χ3v) is 1.56. The van der Waals surface area contributed by atoms with Crippen LogP contribution in [0.5, 0.6) is 0 Å². The SMILES string of the molecule is [CH2]CCCCCC(=O)N=CCC. The fourth-order valence-corrected chi connectivity index (χ4v) is 0.887. The summed E-state index contributed by atoms with van der Waals surface area (Å²) < 4.78 is 0. The summed E-state index contributed by atoms with van der Waals surface area (Å²) >= 11 is 0. The zero-order valence-electron chi connectivity index (χ0n) is 7.88. The smallest absolute Gasteiger partial charge is 0.245 e. The summed E-state index contributed by atoms with van der Waals surface area (Å²) in [5.74, 6) is 0.0147. The Bertz CT molecular complexity index is 141. The van der Waals surface area contributed by atoms with Crippen molar-refractivity contribution in [3.8, 4) is 0 Å². The molecule has 0 saturated carbocycles. The number of nitrogens with zero attached hydrogens (tertiary/aromatic N) is 1. The lowest BCUT2D eigenvalue weighted by Crippen LogP contribution is -1.93. The van der Waals surface area contributed by atoms with Gasteiger partial charge in [-0.1, -0.05) is 33.1 Å². The summed E-state index contributed by atoms with van der Waals surface area (Å²) in [5, 5.41) is 0. The van der Waals surface area contributed by atoms with Gasteiger partial charge in [0.05, 0.1) is 0 Å². The van der Waals surface area contributed by atoms with Crippen molar-refractivity contribution in [2.24, 2.45) is 4.99 Å². The van der Waals surface area contributed by atoms with Crippen molar-refractivity contribution in [3.63, 3.8) is 0 Å². The number of aliphatic imine (C=N–C) groups is 1. The first-order chi connectivity index (χ1) is 5.81. The molecule has 0 aromatic heterocycles.